The van der Waals surface area contributed by atoms with Crippen LogP contribution in [0.1, 0.15) is 31.2 Å². The molecule has 1 fully saturated rings. The van der Waals surface area contributed by atoms with E-state index in [1.807, 2.05) is 12.3 Å². The minimum atomic E-state index is 0.247. The number of aliphatic hydroxyl groups is 1. The number of aliphatic hydroxyl groups excluding tert-OH is 1. The molecule has 0 saturated heterocycles. The lowest BCUT2D eigenvalue weighted by Crippen LogP contribution is -2.35. The van der Waals surface area contributed by atoms with Crippen LogP contribution in [0.25, 0.3) is 0 Å². The van der Waals surface area contributed by atoms with Crippen LogP contribution >= 0.6 is 0 Å². The van der Waals surface area contributed by atoms with Crippen molar-refractivity contribution >= 4 is 0 Å². The van der Waals surface area contributed by atoms with Gasteiger partial charge < -0.3 is 5.11 Å². The minimum Gasteiger partial charge on any atom is -0.395 e. The molecular weight excluding hydrogens is 200 g/mol. The van der Waals surface area contributed by atoms with Crippen molar-refractivity contribution in [2.75, 3.05) is 13.2 Å². The summed E-state index contributed by atoms with van der Waals surface area (Å²) in [7, 11) is 0. The Morgan fingerprint density at radius 2 is 2.19 bits per heavy atom. The van der Waals surface area contributed by atoms with E-state index in [1.165, 1.54) is 31.2 Å². The molecule has 16 heavy (non-hydrogen) atoms. The van der Waals surface area contributed by atoms with E-state index >= 15 is 0 Å². The Kier molecular flexibility index (Phi) is 4.31. The first-order valence-electron chi connectivity index (χ1n) is 6.14. The summed E-state index contributed by atoms with van der Waals surface area (Å²) in [6.45, 7) is 1.94. The molecule has 1 saturated carbocycles. The van der Waals surface area contributed by atoms with Gasteiger partial charge in [-0.3, -0.25) is 9.88 Å². The summed E-state index contributed by atoms with van der Waals surface area (Å²) < 4.78 is 0. The molecule has 1 aromatic rings. The van der Waals surface area contributed by atoms with Crippen LogP contribution in [0.2, 0.25) is 0 Å². The summed E-state index contributed by atoms with van der Waals surface area (Å²) in [6.07, 6.45) is 8.94. The van der Waals surface area contributed by atoms with Gasteiger partial charge in [0.2, 0.25) is 0 Å². The highest BCUT2D eigenvalue weighted by Gasteiger charge is 2.21. The maximum absolute atomic E-state index is 9.12. The van der Waals surface area contributed by atoms with Gasteiger partial charge in [-0.1, -0.05) is 18.9 Å². The number of rotatable bonds is 5. The van der Waals surface area contributed by atoms with E-state index in [1.54, 1.807) is 6.20 Å². The van der Waals surface area contributed by atoms with E-state index in [-0.39, 0.29) is 6.61 Å². The molecule has 0 amide bonds. The van der Waals surface area contributed by atoms with Gasteiger partial charge in [0.25, 0.3) is 0 Å². The summed E-state index contributed by atoms with van der Waals surface area (Å²) >= 11 is 0. The summed E-state index contributed by atoms with van der Waals surface area (Å²) in [4.78, 5) is 6.53. The molecule has 0 spiro atoms. The molecule has 1 aliphatic rings. The molecule has 0 atom stereocenters. The van der Waals surface area contributed by atoms with Crippen LogP contribution in [-0.2, 0) is 6.54 Å². The van der Waals surface area contributed by atoms with E-state index in [0.717, 1.165) is 13.1 Å². The SMILES string of the molecule is OCCN(Cc1cccnc1)C1CCCC1. The summed E-state index contributed by atoms with van der Waals surface area (Å²) in [5.41, 5.74) is 1.24. The van der Waals surface area contributed by atoms with Crippen LogP contribution in [-0.4, -0.2) is 34.2 Å². The van der Waals surface area contributed by atoms with Crippen molar-refractivity contribution < 1.29 is 5.11 Å². The second-order valence-electron chi connectivity index (χ2n) is 4.49. The number of aromatic nitrogens is 1. The van der Waals surface area contributed by atoms with Gasteiger partial charge in [-0.05, 0) is 24.5 Å². The Morgan fingerprint density at radius 1 is 1.38 bits per heavy atom. The Labute approximate surface area is 97.1 Å². The number of hydrogen-bond donors (Lipinski definition) is 1. The van der Waals surface area contributed by atoms with Gasteiger partial charge in [0, 0.05) is 31.5 Å². The summed E-state index contributed by atoms with van der Waals surface area (Å²) in [5, 5.41) is 9.12. The highest BCUT2D eigenvalue weighted by Crippen LogP contribution is 2.24. The van der Waals surface area contributed by atoms with E-state index in [0.29, 0.717) is 6.04 Å². The second-order valence-corrected chi connectivity index (χ2v) is 4.49. The maximum atomic E-state index is 9.12. The number of nitrogens with zero attached hydrogens (tertiary/aromatic N) is 2. The molecule has 2 rings (SSSR count). The van der Waals surface area contributed by atoms with Gasteiger partial charge in [0.05, 0.1) is 6.61 Å². The third kappa shape index (κ3) is 3.03. The smallest absolute Gasteiger partial charge is 0.0558 e. The van der Waals surface area contributed by atoms with Crippen molar-refractivity contribution in [3.63, 3.8) is 0 Å². The van der Waals surface area contributed by atoms with Crippen molar-refractivity contribution in [3.05, 3.63) is 30.1 Å². The first-order chi connectivity index (χ1) is 7.90. The average Bonchev–Trinajstić information content (AvgIpc) is 2.83. The molecule has 1 N–H and O–H groups in total. The lowest BCUT2D eigenvalue weighted by atomic mass is 10.2. The number of pyridine rings is 1. The third-order valence-corrected chi connectivity index (χ3v) is 3.34. The minimum absolute atomic E-state index is 0.247. The fraction of sp³-hybridized carbons (Fsp3) is 0.615. The zero-order valence-electron chi connectivity index (χ0n) is 9.68. The van der Waals surface area contributed by atoms with Gasteiger partial charge in [-0.15, -0.1) is 0 Å². The standard InChI is InChI=1S/C13H20N2O/c16-9-8-15(13-5-1-2-6-13)11-12-4-3-7-14-10-12/h3-4,7,10,13,16H,1-2,5-6,8-9,11H2. The van der Waals surface area contributed by atoms with E-state index in [2.05, 4.69) is 16.0 Å². The molecule has 0 aliphatic heterocycles. The first-order valence-corrected chi connectivity index (χ1v) is 6.14. The van der Waals surface area contributed by atoms with Crippen LogP contribution in [0.4, 0.5) is 0 Å². The average molecular weight is 220 g/mol. The second kappa shape index (κ2) is 5.97. The van der Waals surface area contributed by atoms with E-state index in [4.69, 9.17) is 5.11 Å². The molecule has 3 heteroatoms. The van der Waals surface area contributed by atoms with Crippen molar-refractivity contribution in [1.29, 1.82) is 0 Å². The molecule has 0 bridgehead atoms. The summed E-state index contributed by atoms with van der Waals surface area (Å²) in [6, 6.07) is 4.74. The predicted molar refractivity (Wildman–Crippen MR) is 64.0 cm³/mol. The fourth-order valence-electron chi connectivity index (χ4n) is 2.51. The summed E-state index contributed by atoms with van der Waals surface area (Å²) in [5.74, 6) is 0. The van der Waals surface area contributed by atoms with Gasteiger partial charge >= 0.3 is 0 Å². The van der Waals surface area contributed by atoms with E-state index < -0.39 is 0 Å². The lowest BCUT2D eigenvalue weighted by molar-refractivity contribution is 0.144. The van der Waals surface area contributed by atoms with Crippen LogP contribution in [0.3, 0.4) is 0 Å². The Balaban J connectivity index is 1.96. The molecule has 88 valence electrons. The molecule has 0 aromatic carbocycles. The van der Waals surface area contributed by atoms with Crippen molar-refractivity contribution in [1.82, 2.24) is 9.88 Å². The zero-order valence-corrected chi connectivity index (χ0v) is 9.68. The molecule has 0 radical (unpaired) electrons. The normalized spacial score (nSPS) is 17.1. The van der Waals surface area contributed by atoms with E-state index in [9.17, 15) is 0 Å². The van der Waals surface area contributed by atoms with Crippen LogP contribution < -0.4 is 0 Å². The van der Waals surface area contributed by atoms with Crippen molar-refractivity contribution in [3.8, 4) is 0 Å². The lowest BCUT2D eigenvalue weighted by Gasteiger charge is -2.27. The van der Waals surface area contributed by atoms with Gasteiger partial charge in [0.1, 0.15) is 0 Å². The molecule has 3 nitrogen and oxygen atoms in total. The topological polar surface area (TPSA) is 36.4 Å². The van der Waals surface area contributed by atoms with Crippen LogP contribution in [0.15, 0.2) is 24.5 Å². The molecule has 0 unspecified atom stereocenters. The number of hydrogen-bond acceptors (Lipinski definition) is 3. The quantitative estimate of drug-likeness (QED) is 0.822. The Morgan fingerprint density at radius 3 is 2.81 bits per heavy atom. The zero-order chi connectivity index (χ0) is 11.2. The monoisotopic (exact) mass is 220 g/mol. The first kappa shape index (κ1) is 11.6. The molecule has 1 aliphatic carbocycles. The fourth-order valence-corrected chi connectivity index (χ4v) is 2.51. The predicted octanol–water partition coefficient (Wildman–Crippen LogP) is 1.82. The highest BCUT2D eigenvalue weighted by molar-refractivity contribution is 5.08. The highest BCUT2D eigenvalue weighted by atomic mass is 16.3. The van der Waals surface area contributed by atoms with Crippen LogP contribution in [0.5, 0.6) is 0 Å². The van der Waals surface area contributed by atoms with Gasteiger partial charge in [-0.25, -0.2) is 0 Å². The van der Waals surface area contributed by atoms with Crippen LogP contribution in [0, 0.1) is 0 Å². The largest absolute Gasteiger partial charge is 0.395 e. The molecule has 1 aromatic heterocycles. The third-order valence-electron chi connectivity index (χ3n) is 3.34. The molecular formula is C13H20N2O. The molecule has 1 heterocycles. The van der Waals surface area contributed by atoms with Gasteiger partial charge in [-0.2, -0.15) is 0 Å². The van der Waals surface area contributed by atoms with Crippen molar-refractivity contribution in [2.24, 2.45) is 0 Å². The Bertz CT molecular complexity index is 296. The van der Waals surface area contributed by atoms with Crippen molar-refractivity contribution in [2.45, 2.75) is 38.3 Å². The van der Waals surface area contributed by atoms with Gasteiger partial charge in [0.15, 0.2) is 0 Å². The maximum Gasteiger partial charge on any atom is 0.0558 e. The Hall–Kier alpha value is -0.930.